The van der Waals surface area contributed by atoms with E-state index in [9.17, 15) is 19.5 Å². The van der Waals surface area contributed by atoms with Crippen LogP contribution in [0.25, 0.3) is 11.3 Å². The Morgan fingerprint density at radius 2 is 1.86 bits per heavy atom. The minimum atomic E-state index is -1.28. The molecule has 5 rings (SSSR count). The number of nitrogens with one attached hydrogen (secondary N) is 1. The van der Waals surface area contributed by atoms with Crippen molar-refractivity contribution in [2.75, 3.05) is 10.2 Å². The first-order chi connectivity index (χ1) is 17.2. The Hall–Kier alpha value is -4.13. The van der Waals surface area contributed by atoms with Crippen LogP contribution in [0.5, 0.6) is 0 Å². The van der Waals surface area contributed by atoms with Crippen LogP contribution < -0.4 is 15.3 Å². The summed E-state index contributed by atoms with van der Waals surface area (Å²) in [6, 6.07) is 16.6. The minimum absolute atomic E-state index is 0.0302. The normalized spacial score (nSPS) is 18.7. The molecule has 2 aromatic carbocycles. The molecule has 3 aromatic rings. The molecule has 1 aromatic heterocycles. The topological polar surface area (TPSA) is 103 Å². The van der Waals surface area contributed by atoms with Gasteiger partial charge in [-0.15, -0.1) is 0 Å². The van der Waals surface area contributed by atoms with Crippen LogP contribution in [0, 0.1) is 5.41 Å². The third kappa shape index (κ3) is 4.11. The smallest absolute Gasteiger partial charge is 0.227 e. The van der Waals surface area contributed by atoms with Crippen LogP contribution in [0.2, 0.25) is 0 Å². The number of allylic oxidation sites excluding steroid dienone is 1. The molecule has 1 aliphatic carbocycles. The number of carboxylic acids is 1. The van der Waals surface area contributed by atoms with Crippen LogP contribution in [0.4, 0.5) is 11.4 Å². The summed E-state index contributed by atoms with van der Waals surface area (Å²) in [7, 11) is 0. The van der Waals surface area contributed by atoms with Gasteiger partial charge in [-0.2, -0.15) is 0 Å². The average Bonchev–Trinajstić information content (AvgIpc) is 3.27. The fourth-order valence-corrected chi connectivity index (χ4v) is 5.16. The number of rotatable bonds is 4. The second kappa shape index (κ2) is 8.82. The maximum absolute atomic E-state index is 13.6. The van der Waals surface area contributed by atoms with Gasteiger partial charge >= 0.3 is 0 Å². The predicted molar refractivity (Wildman–Crippen MR) is 134 cm³/mol. The lowest BCUT2D eigenvalue weighted by Crippen LogP contribution is -2.39. The fraction of sp³-hybridized carbons (Fsp3) is 0.276. The quantitative estimate of drug-likeness (QED) is 0.568. The van der Waals surface area contributed by atoms with Crippen LogP contribution in [-0.4, -0.2) is 17.7 Å². The first-order valence-electron chi connectivity index (χ1n) is 12.0. The number of para-hydroxylation sites is 2. The van der Waals surface area contributed by atoms with Gasteiger partial charge in [-0.1, -0.05) is 51.1 Å². The molecular weight excluding hydrogens is 456 g/mol. The molecule has 7 heteroatoms. The Kier molecular flexibility index (Phi) is 5.79. The van der Waals surface area contributed by atoms with Crippen LogP contribution in [0.15, 0.2) is 76.4 Å². The molecule has 0 bridgehead atoms. The number of aromatic carboxylic acids is 1. The Bertz CT molecular complexity index is 1410. The first-order valence-corrected chi connectivity index (χ1v) is 12.0. The number of fused-ring (bicyclic) bond motifs is 1. The van der Waals surface area contributed by atoms with Crippen molar-refractivity contribution in [3.8, 4) is 11.3 Å². The number of carbonyl (C=O) groups is 3. The van der Waals surface area contributed by atoms with E-state index in [1.54, 1.807) is 36.1 Å². The highest BCUT2D eigenvalue weighted by Crippen LogP contribution is 2.49. The number of furan rings is 1. The molecule has 36 heavy (non-hydrogen) atoms. The number of Topliss-reactive ketones (excluding diaryl/α,β-unsaturated/α-hetero) is 1. The number of ketones is 1. The van der Waals surface area contributed by atoms with E-state index in [0.717, 1.165) is 11.4 Å². The van der Waals surface area contributed by atoms with Crippen molar-refractivity contribution in [1.82, 2.24) is 0 Å². The van der Waals surface area contributed by atoms with Gasteiger partial charge in [0.05, 0.1) is 17.3 Å². The molecule has 0 saturated carbocycles. The SMILES string of the molecule is CCC(=O)N1c2ccccc2NC2=C(C(=O)CC(C)(C)C2)C1c1ccc(-c2cccc(C(=O)[O-])c2)o1. The number of carboxylic acid groups (broad SMARTS) is 1. The summed E-state index contributed by atoms with van der Waals surface area (Å²) in [6.07, 6.45) is 1.25. The van der Waals surface area contributed by atoms with Crippen LogP contribution in [0.3, 0.4) is 0 Å². The fourth-order valence-electron chi connectivity index (χ4n) is 5.16. The van der Waals surface area contributed by atoms with Crippen molar-refractivity contribution in [1.29, 1.82) is 0 Å². The zero-order chi connectivity index (χ0) is 25.6. The highest BCUT2D eigenvalue weighted by molar-refractivity contribution is 6.06. The van der Waals surface area contributed by atoms with Gasteiger partial charge in [-0.3, -0.25) is 14.5 Å². The summed E-state index contributed by atoms with van der Waals surface area (Å²) in [4.78, 5) is 40.1. The molecule has 2 aliphatic rings. The van der Waals surface area contributed by atoms with Crippen molar-refractivity contribution >= 4 is 29.0 Å². The molecule has 1 unspecified atom stereocenters. The van der Waals surface area contributed by atoms with E-state index in [1.165, 1.54) is 12.1 Å². The third-order valence-corrected chi connectivity index (χ3v) is 6.75. The number of benzene rings is 2. The second-order valence-electron chi connectivity index (χ2n) is 10.1. The number of amides is 1. The van der Waals surface area contributed by atoms with Crippen LogP contribution >= 0.6 is 0 Å². The zero-order valence-corrected chi connectivity index (χ0v) is 20.5. The van der Waals surface area contributed by atoms with E-state index >= 15 is 0 Å². The van der Waals surface area contributed by atoms with E-state index in [2.05, 4.69) is 19.2 Å². The largest absolute Gasteiger partial charge is 0.545 e. The number of anilines is 2. The summed E-state index contributed by atoms with van der Waals surface area (Å²) >= 11 is 0. The van der Waals surface area contributed by atoms with Gasteiger partial charge in [0.15, 0.2) is 5.78 Å². The van der Waals surface area contributed by atoms with E-state index in [1.807, 2.05) is 24.3 Å². The number of carbonyl (C=O) groups excluding carboxylic acids is 3. The van der Waals surface area contributed by atoms with Gasteiger partial charge in [-0.05, 0) is 47.7 Å². The third-order valence-electron chi connectivity index (χ3n) is 6.75. The summed E-state index contributed by atoms with van der Waals surface area (Å²) in [5.74, 6) is -0.576. The Morgan fingerprint density at radius 3 is 2.61 bits per heavy atom. The summed E-state index contributed by atoms with van der Waals surface area (Å²) in [5.41, 5.74) is 3.11. The molecule has 0 spiro atoms. The lowest BCUT2D eigenvalue weighted by molar-refractivity contribution is -0.255. The van der Waals surface area contributed by atoms with E-state index in [-0.39, 0.29) is 29.1 Å². The van der Waals surface area contributed by atoms with Gasteiger partial charge in [0.2, 0.25) is 5.91 Å². The van der Waals surface area contributed by atoms with Crippen molar-refractivity contribution in [3.05, 3.63) is 83.3 Å². The molecule has 0 saturated heterocycles. The highest BCUT2D eigenvalue weighted by atomic mass is 16.4. The van der Waals surface area contributed by atoms with Crippen LogP contribution in [0.1, 0.15) is 62.2 Å². The molecule has 1 atom stereocenters. The molecule has 184 valence electrons. The zero-order valence-electron chi connectivity index (χ0n) is 20.5. The molecule has 7 nitrogen and oxygen atoms in total. The predicted octanol–water partition coefficient (Wildman–Crippen LogP) is 4.86. The Labute approximate surface area is 209 Å². The first kappa shape index (κ1) is 23.6. The van der Waals surface area contributed by atoms with Gasteiger partial charge in [-0.25, -0.2) is 0 Å². The lowest BCUT2D eigenvalue weighted by Gasteiger charge is -2.36. The van der Waals surface area contributed by atoms with E-state index in [0.29, 0.717) is 41.2 Å². The Balaban J connectivity index is 1.71. The lowest BCUT2D eigenvalue weighted by atomic mass is 9.74. The van der Waals surface area contributed by atoms with Gasteiger partial charge in [0.1, 0.15) is 17.6 Å². The van der Waals surface area contributed by atoms with Gasteiger partial charge < -0.3 is 19.6 Å². The summed E-state index contributed by atoms with van der Waals surface area (Å²) in [6.45, 7) is 5.92. The van der Waals surface area contributed by atoms with Crippen molar-refractivity contribution in [3.63, 3.8) is 0 Å². The van der Waals surface area contributed by atoms with Crippen LogP contribution in [-0.2, 0) is 9.59 Å². The van der Waals surface area contributed by atoms with Crippen molar-refractivity contribution < 1.29 is 23.9 Å². The van der Waals surface area contributed by atoms with E-state index in [4.69, 9.17) is 4.42 Å². The average molecular weight is 484 g/mol. The standard InChI is InChI=1S/C29H28N2O5/c1-4-25(33)31-21-11-6-5-10-19(21)30-20-15-29(2,3)16-22(32)26(20)27(31)24-13-12-23(36-24)17-8-7-9-18(14-17)28(34)35/h5-14,27,30H,4,15-16H2,1-3H3,(H,34,35)/p-1. The highest BCUT2D eigenvalue weighted by Gasteiger charge is 2.44. The maximum atomic E-state index is 13.6. The minimum Gasteiger partial charge on any atom is -0.545 e. The molecule has 1 aliphatic heterocycles. The molecule has 0 fully saturated rings. The van der Waals surface area contributed by atoms with Gasteiger partial charge in [0.25, 0.3) is 0 Å². The molecule has 1 amide bonds. The number of hydrogen-bond donors (Lipinski definition) is 1. The van der Waals surface area contributed by atoms with E-state index < -0.39 is 12.0 Å². The second-order valence-corrected chi connectivity index (χ2v) is 10.1. The molecule has 2 heterocycles. The molecular formula is C29H27N2O5-. The molecule has 0 radical (unpaired) electrons. The Morgan fingerprint density at radius 1 is 1.08 bits per heavy atom. The summed E-state index contributed by atoms with van der Waals surface area (Å²) < 4.78 is 6.27. The number of nitrogens with zero attached hydrogens (tertiary/aromatic N) is 1. The van der Waals surface area contributed by atoms with Crippen molar-refractivity contribution in [2.24, 2.45) is 5.41 Å². The molecule has 1 N–H and O–H groups in total. The number of hydrogen-bond acceptors (Lipinski definition) is 6. The van der Waals surface area contributed by atoms with Crippen molar-refractivity contribution in [2.45, 2.75) is 46.1 Å². The monoisotopic (exact) mass is 483 g/mol. The van der Waals surface area contributed by atoms with Gasteiger partial charge in [0, 0.05) is 29.7 Å². The maximum Gasteiger partial charge on any atom is 0.227 e. The summed E-state index contributed by atoms with van der Waals surface area (Å²) in [5, 5.41) is 14.8.